The van der Waals surface area contributed by atoms with Gasteiger partial charge in [0.2, 0.25) is 17.6 Å². The molecule has 3 rings (SSSR count). The normalized spacial score (nSPS) is 10.4. The molecule has 0 radical (unpaired) electrons. The minimum Gasteiger partial charge on any atom is -0.496 e. The first-order valence-corrected chi connectivity index (χ1v) is 8.24. The molecule has 0 aliphatic heterocycles. The van der Waals surface area contributed by atoms with Crippen molar-refractivity contribution in [3.63, 3.8) is 0 Å². The van der Waals surface area contributed by atoms with Gasteiger partial charge in [-0.25, -0.2) is 9.97 Å². The summed E-state index contributed by atoms with van der Waals surface area (Å²) in [6.45, 7) is 0. The molecule has 0 bridgehead atoms. The smallest absolute Gasteiger partial charge is 0.337 e. The van der Waals surface area contributed by atoms with Gasteiger partial charge in [0.15, 0.2) is 5.69 Å². The highest BCUT2D eigenvalue weighted by Crippen LogP contribution is 2.39. The average Bonchev–Trinajstić information content (AvgIpc) is 2.67. The maximum Gasteiger partial charge on any atom is 0.337 e. The summed E-state index contributed by atoms with van der Waals surface area (Å²) < 4.78 is 10.5. The number of pyridine rings is 1. The monoisotopic (exact) mass is 402 g/mol. The van der Waals surface area contributed by atoms with Crippen LogP contribution in [-0.2, 0) is 0 Å². The Bertz CT molecular complexity index is 1050. The zero-order valence-corrected chi connectivity index (χ0v) is 15.6. The van der Waals surface area contributed by atoms with Crippen LogP contribution in [0.25, 0.3) is 11.3 Å². The lowest BCUT2D eigenvalue weighted by atomic mass is 10.1. The van der Waals surface area contributed by atoms with Crippen molar-refractivity contribution in [2.75, 3.05) is 25.3 Å². The van der Waals surface area contributed by atoms with Crippen LogP contribution in [0.3, 0.4) is 0 Å². The van der Waals surface area contributed by atoms with Crippen molar-refractivity contribution >= 4 is 34.7 Å². The lowest BCUT2D eigenvalue weighted by molar-refractivity contribution is -0.383. The second-order valence-electron chi connectivity index (χ2n) is 5.42. The van der Waals surface area contributed by atoms with Crippen LogP contribution in [0.4, 0.5) is 23.1 Å². The van der Waals surface area contributed by atoms with E-state index in [1.54, 1.807) is 30.5 Å². The number of benzene rings is 1. The summed E-state index contributed by atoms with van der Waals surface area (Å²) in [5, 5.41) is 14.9. The molecule has 2 aromatic heterocycles. The van der Waals surface area contributed by atoms with E-state index in [9.17, 15) is 10.1 Å². The average molecular weight is 403 g/mol. The van der Waals surface area contributed by atoms with Gasteiger partial charge < -0.3 is 20.5 Å². The summed E-state index contributed by atoms with van der Waals surface area (Å²) in [4.78, 5) is 23.3. The molecule has 10 nitrogen and oxygen atoms in total. The van der Waals surface area contributed by atoms with E-state index in [0.29, 0.717) is 27.9 Å². The fourth-order valence-corrected chi connectivity index (χ4v) is 2.70. The highest BCUT2D eigenvalue weighted by atomic mass is 35.5. The number of nitrogen functional groups attached to an aromatic ring is 1. The van der Waals surface area contributed by atoms with Gasteiger partial charge in [0, 0.05) is 11.2 Å². The van der Waals surface area contributed by atoms with E-state index in [1.807, 2.05) is 0 Å². The Balaban J connectivity index is 2.19. The minimum atomic E-state index is -0.653. The van der Waals surface area contributed by atoms with Crippen LogP contribution < -0.4 is 20.5 Å². The molecule has 3 N–H and O–H groups in total. The summed E-state index contributed by atoms with van der Waals surface area (Å²) >= 11 is 6.06. The van der Waals surface area contributed by atoms with Crippen molar-refractivity contribution in [2.24, 2.45) is 0 Å². The number of halogens is 1. The molecule has 3 aromatic rings. The van der Waals surface area contributed by atoms with Gasteiger partial charge in [0.05, 0.1) is 24.7 Å². The van der Waals surface area contributed by atoms with Crippen LogP contribution >= 0.6 is 11.6 Å². The predicted molar refractivity (Wildman–Crippen MR) is 104 cm³/mol. The van der Waals surface area contributed by atoms with Gasteiger partial charge in [-0.05, 0) is 30.3 Å². The van der Waals surface area contributed by atoms with Crippen molar-refractivity contribution in [2.45, 2.75) is 0 Å². The Morgan fingerprint density at radius 2 is 2.00 bits per heavy atom. The zero-order valence-electron chi connectivity index (χ0n) is 14.8. The Morgan fingerprint density at radius 3 is 2.68 bits per heavy atom. The number of hydrogen-bond acceptors (Lipinski definition) is 9. The molecule has 0 amide bonds. The topological polar surface area (TPSA) is 138 Å². The van der Waals surface area contributed by atoms with Crippen molar-refractivity contribution in [1.82, 2.24) is 15.0 Å². The fraction of sp³-hybridized carbons (Fsp3) is 0.118. The Hall–Kier alpha value is -3.66. The van der Waals surface area contributed by atoms with Gasteiger partial charge in [-0.2, -0.15) is 4.98 Å². The number of hydrogen-bond donors (Lipinski definition) is 2. The van der Waals surface area contributed by atoms with Gasteiger partial charge in [0.1, 0.15) is 11.4 Å². The second-order valence-corrected chi connectivity index (χ2v) is 5.85. The van der Waals surface area contributed by atoms with E-state index in [4.69, 9.17) is 26.8 Å². The maximum absolute atomic E-state index is 11.6. The molecule has 2 heterocycles. The van der Waals surface area contributed by atoms with E-state index in [2.05, 4.69) is 20.3 Å². The number of aromatic nitrogens is 3. The molecule has 0 saturated heterocycles. The molecule has 0 aliphatic carbocycles. The van der Waals surface area contributed by atoms with E-state index < -0.39 is 10.6 Å². The number of ether oxygens (including phenoxy) is 2. The Labute approximate surface area is 164 Å². The zero-order chi connectivity index (χ0) is 20.3. The molecule has 1 aromatic carbocycles. The number of methoxy groups -OCH3 is 2. The van der Waals surface area contributed by atoms with Gasteiger partial charge in [-0.3, -0.25) is 10.1 Å². The van der Waals surface area contributed by atoms with Crippen LogP contribution in [0.15, 0.2) is 36.5 Å². The fourth-order valence-electron chi connectivity index (χ4n) is 2.53. The van der Waals surface area contributed by atoms with Crippen molar-refractivity contribution in [1.29, 1.82) is 0 Å². The third-order valence-corrected chi connectivity index (χ3v) is 3.96. The molecular formula is C17H15ClN6O4. The standard InChI is InChI=1S/C17H15ClN6O4/c1-27-12-6-5-9(18)8-10(12)13-14(24(25)26)15(19)23-17(22-13)21-11-4-3-7-20-16(11)28-2/h3-8H,1-2H3,(H3,19,21,22,23). The van der Waals surface area contributed by atoms with Gasteiger partial charge in [-0.15, -0.1) is 0 Å². The van der Waals surface area contributed by atoms with Crippen molar-refractivity contribution in [3.8, 4) is 22.9 Å². The Kier molecular flexibility index (Phi) is 5.41. The summed E-state index contributed by atoms with van der Waals surface area (Å²) in [5.41, 5.74) is 6.13. The number of rotatable bonds is 6. The molecule has 0 spiro atoms. The van der Waals surface area contributed by atoms with E-state index in [0.717, 1.165) is 0 Å². The Morgan fingerprint density at radius 1 is 1.21 bits per heavy atom. The van der Waals surface area contributed by atoms with Crippen LogP contribution in [0, 0.1) is 10.1 Å². The summed E-state index contributed by atoms with van der Waals surface area (Å²) in [6, 6.07) is 8.05. The summed E-state index contributed by atoms with van der Waals surface area (Å²) in [5.74, 6) is 0.342. The number of nitro groups is 1. The molecule has 0 atom stereocenters. The number of nitrogens with zero attached hydrogens (tertiary/aromatic N) is 4. The third-order valence-electron chi connectivity index (χ3n) is 3.72. The van der Waals surface area contributed by atoms with Crippen LogP contribution in [0.2, 0.25) is 5.02 Å². The molecule has 0 saturated carbocycles. The molecule has 0 unspecified atom stereocenters. The van der Waals surface area contributed by atoms with E-state index >= 15 is 0 Å². The first-order valence-electron chi connectivity index (χ1n) is 7.86. The maximum atomic E-state index is 11.6. The second kappa shape index (κ2) is 7.92. The van der Waals surface area contributed by atoms with Crippen molar-refractivity contribution < 1.29 is 14.4 Å². The van der Waals surface area contributed by atoms with Gasteiger partial charge in [0.25, 0.3) is 0 Å². The van der Waals surface area contributed by atoms with Crippen molar-refractivity contribution in [3.05, 3.63) is 51.7 Å². The molecular weight excluding hydrogens is 388 g/mol. The molecule has 28 heavy (non-hydrogen) atoms. The molecule has 144 valence electrons. The summed E-state index contributed by atoms with van der Waals surface area (Å²) in [7, 11) is 2.89. The highest BCUT2D eigenvalue weighted by Gasteiger charge is 2.27. The number of anilines is 3. The van der Waals surface area contributed by atoms with Gasteiger partial charge >= 0.3 is 5.69 Å². The summed E-state index contributed by atoms with van der Waals surface area (Å²) in [6.07, 6.45) is 1.55. The molecule has 11 heteroatoms. The quantitative estimate of drug-likeness (QED) is 0.468. The SMILES string of the molecule is COc1ccc(Cl)cc1-c1nc(Nc2cccnc2OC)nc(N)c1[N+](=O)[O-]. The van der Waals surface area contributed by atoms with Crippen LogP contribution in [0.5, 0.6) is 11.6 Å². The minimum absolute atomic E-state index is 0.0198. The van der Waals surface area contributed by atoms with Crippen LogP contribution in [-0.4, -0.2) is 34.1 Å². The van der Waals surface area contributed by atoms with E-state index in [1.165, 1.54) is 20.3 Å². The first-order chi connectivity index (χ1) is 13.4. The number of nitrogens with two attached hydrogens (primary N) is 1. The van der Waals surface area contributed by atoms with E-state index in [-0.39, 0.29) is 17.5 Å². The van der Waals surface area contributed by atoms with Crippen LogP contribution in [0.1, 0.15) is 0 Å². The largest absolute Gasteiger partial charge is 0.496 e. The predicted octanol–water partition coefficient (Wildman–Crippen LogP) is 3.44. The lowest BCUT2D eigenvalue weighted by Crippen LogP contribution is -2.08. The third kappa shape index (κ3) is 3.71. The van der Waals surface area contributed by atoms with Gasteiger partial charge in [-0.1, -0.05) is 11.6 Å². The molecule has 0 aliphatic rings. The first kappa shape index (κ1) is 19.1. The lowest BCUT2D eigenvalue weighted by Gasteiger charge is -2.13. The number of nitrogens with one attached hydrogen (secondary N) is 1. The highest BCUT2D eigenvalue weighted by molar-refractivity contribution is 6.31. The molecule has 0 fully saturated rings.